The molecule has 9 heteroatoms. The molecule has 0 fully saturated rings. The van der Waals surface area contributed by atoms with Crippen LogP contribution in [0.5, 0.6) is 5.75 Å². The zero-order valence-corrected chi connectivity index (χ0v) is 19.0. The smallest absolute Gasteiger partial charge is 0.378 e. The Labute approximate surface area is 196 Å². The second kappa shape index (κ2) is 9.74. The fourth-order valence-corrected chi connectivity index (χ4v) is 3.27. The first kappa shape index (κ1) is 22.3. The van der Waals surface area contributed by atoms with Crippen LogP contribution in [0.4, 0.5) is 4.39 Å². The van der Waals surface area contributed by atoms with Crippen molar-refractivity contribution in [3.63, 3.8) is 0 Å². The lowest BCUT2D eigenvalue weighted by Crippen LogP contribution is -2.15. The maximum atomic E-state index is 13.4. The molecule has 3 aromatic carbocycles. The molecule has 4 rings (SSSR count). The molecule has 166 valence electrons. The number of rotatable bonds is 7. The van der Waals surface area contributed by atoms with E-state index in [-0.39, 0.29) is 11.6 Å². The van der Waals surface area contributed by atoms with Crippen molar-refractivity contribution in [2.45, 2.75) is 0 Å². The summed E-state index contributed by atoms with van der Waals surface area (Å²) in [6.07, 6.45) is 0. The normalized spacial score (nSPS) is 10.6. The summed E-state index contributed by atoms with van der Waals surface area (Å²) in [5.41, 5.74) is 1.56. The number of hydrogen-bond donors (Lipinski definition) is 0. The maximum Gasteiger partial charge on any atom is 0.378 e. The van der Waals surface area contributed by atoms with Crippen molar-refractivity contribution in [3.05, 3.63) is 94.5 Å². The number of ketones is 1. The van der Waals surface area contributed by atoms with Crippen LogP contribution in [0.1, 0.15) is 21.0 Å². The third-order valence-electron chi connectivity index (χ3n) is 4.71. The van der Waals surface area contributed by atoms with E-state index in [1.807, 2.05) is 0 Å². The van der Waals surface area contributed by atoms with Gasteiger partial charge in [-0.05, 0) is 60.7 Å². The third kappa shape index (κ3) is 5.15. The Morgan fingerprint density at radius 2 is 1.64 bits per heavy atom. The Balaban J connectivity index is 1.61. The van der Waals surface area contributed by atoms with Gasteiger partial charge in [-0.3, -0.25) is 4.79 Å². The fraction of sp³-hybridized carbons (Fsp3) is 0.0833. The molecule has 0 bridgehead atoms. The van der Waals surface area contributed by atoms with Gasteiger partial charge in [-0.15, -0.1) is 5.10 Å². The van der Waals surface area contributed by atoms with Gasteiger partial charge in [0.1, 0.15) is 11.6 Å². The number of ether oxygens (including phenoxy) is 2. The molecule has 33 heavy (non-hydrogen) atoms. The van der Waals surface area contributed by atoms with Crippen LogP contribution in [0.25, 0.3) is 17.1 Å². The molecule has 0 atom stereocenters. The van der Waals surface area contributed by atoms with E-state index in [0.29, 0.717) is 28.4 Å². The van der Waals surface area contributed by atoms with Crippen molar-refractivity contribution in [2.24, 2.45) is 0 Å². The third-order valence-corrected chi connectivity index (χ3v) is 5.24. The first-order chi connectivity index (χ1) is 15.9. The molecule has 0 saturated heterocycles. The Bertz CT molecular complexity index is 1290. The van der Waals surface area contributed by atoms with E-state index in [9.17, 15) is 14.0 Å². The Morgan fingerprint density at radius 3 is 2.27 bits per heavy atom. The minimum absolute atomic E-state index is 0.228. The average molecular weight is 510 g/mol. The topological polar surface area (TPSA) is 83.3 Å². The van der Waals surface area contributed by atoms with Crippen molar-refractivity contribution < 1.29 is 23.5 Å². The van der Waals surface area contributed by atoms with Crippen molar-refractivity contribution in [1.29, 1.82) is 0 Å². The molecule has 0 aliphatic heterocycles. The summed E-state index contributed by atoms with van der Waals surface area (Å²) in [4.78, 5) is 29.2. The molecule has 0 N–H and O–H groups in total. The van der Waals surface area contributed by atoms with E-state index < -0.39 is 18.4 Å². The van der Waals surface area contributed by atoms with Gasteiger partial charge in [0, 0.05) is 15.6 Å². The van der Waals surface area contributed by atoms with Gasteiger partial charge < -0.3 is 9.47 Å². The number of carbonyl (C=O) groups excluding carboxylic acids is 2. The van der Waals surface area contributed by atoms with Crippen LogP contribution >= 0.6 is 15.9 Å². The van der Waals surface area contributed by atoms with Gasteiger partial charge in [0.15, 0.2) is 18.2 Å². The first-order valence-corrected chi connectivity index (χ1v) is 10.6. The molecule has 0 spiro atoms. The lowest BCUT2D eigenvalue weighted by molar-refractivity contribution is 0.0462. The van der Waals surface area contributed by atoms with Crippen LogP contribution < -0.4 is 4.74 Å². The van der Waals surface area contributed by atoms with E-state index in [2.05, 4.69) is 26.0 Å². The number of esters is 1. The van der Waals surface area contributed by atoms with E-state index >= 15 is 0 Å². The highest BCUT2D eigenvalue weighted by Crippen LogP contribution is 2.23. The molecule has 0 radical (unpaired) electrons. The van der Waals surface area contributed by atoms with Crippen LogP contribution in [-0.4, -0.2) is 40.2 Å². The number of halogens is 2. The molecule has 1 heterocycles. The molecule has 0 aliphatic rings. The van der Waals surface area contributed by atoms with Crippen LogP contribution in [-0.2, 0) is 4.74 Å². The summed E-state index contributed by atoms with van der Waals surface area (Å²) in [6.45, 7) is -0.455. The van der Waals surface area contributed by atoms with E-state index in [0.717, 1.165) is 4.47 Å². The zero-order chi connectivity index (χ0) is 23.4. The number of aromatic nitrogens is 3. The standard InChI is InChI=1S/C24H17BrFN3O4/c1-32-20-12-10-19(11-13-20)29-23(16-4-8-18(26)9-5-16)27-22(28-29)24(31)33-14-21(30)15-2-6-17(25)7-3-15/h2-13H,14H2,1H3. The number of carbonyl (C=O) groups is 2. The molecule has 1 aromatic heterocycles. The van der Waals surface area contributed by atoms with E-state index in [1.165, 1.54) is 28.9 Å². The minimum atomic E-state index is -0.851. The summed E-state index contributed by atoms with van der Waals surface area (Å²) in [5.74, 6) is -0.881. The summed E-state index contributed by atoms with van der Waals surface area (Å²) in [7, 11) is 1.55. The summed E-state index contributed by atoms with van der Waals surface area (Å²) in [6, 6.07) is 19.3. The van der Waals surface area contributed by atoms with Gasteiger partial charge in [0.2, 0.25) is 0 Å². The molecular formula is C24H17BrFN3O4. The lowest BCUT2D eigenvalue weighted by atomic mass is 10.1. The van der Waals surface area contributed by atoms with Crippen molar-refractivity contribution >= 4 is 27.7 Å². The van der Waals surface area contributed by atoms with Gasteiger partial charge in [0.25, 0.3) is 5.82 Å². The SMILES string of the molecule is COc1ccc(-n2nc(C(=O)OCC(=O)c3ccc(Br)cc3)nc2-c2ccc(F)cc2)cc1. The van der Waals surface area contributed by atoms with Crippen LogP contribution in [0, 0.1) is 5.82 Å². The Hall–Kier alpha value is -3.85. The van der Waals surface area contributed by atoms with Gasteiger partial charge in [-0.2, -0.15) is 0 Å². The summed E-state index contributed by atoms with van der Waals surface area (Å²) < 4.78 is 26.0. The second-order valence-corrected chi connectivity index (χ2v) is 7.80. The number of methoxy groups -OCH3 is 1. The molecule has 0 aliphatic carbocycles. The molecular weight excluding hydrogens is 493 g/mol. The predicted molar refractivity (Wildman–Crippen MR) is 122 cm³/mol. The molecule has 7 nitrogen and oxygen atoms in total. The number of nitrogens with zero attached hydrogens (tertiary/aromatic N) is 3. The van der Waals surface area contributed by atoms with E-state index in [1.54, 1.807) is 55.6 Å². The number of benzene rings is 3. The average Bonchev–Trinajstić information content (AvgIpc) is 3.29. The van der Waals surface area contributed by atoms with Crippen LogP contribution in [0.3, 0.4) is 0 Å². The molecule has 0 unspecified atom stereocenters. The quantitative estimate of drug-likeness (QED) is 0.260. The predicted octanol–water partition coefficient (Wildman–Crippen LogP) is 4.88. The molecule has 4 aromatic rings. The lowest BCUT2D eigenvalue weighted by Gasteiger charge is -2.07. The molecule has 0 saturated carbocycles. The summed E-state index contributed by atoms with van der Waals surface area (Å²) in [5, 5.41) is 4.28. The minimum Gasteiger partial charge on any atom is -0.497 e. The highest BCUT2D eigenvalue weighted by molar-refractivity contribution is 9.10. The van der Waals surface area contributed by atoms with Gasteiger partial charge in [0.05, 0.1) is 12.8 Å². The highest BCUT2D eigenvalue weighted by atomic mass is 79.9. The van der Waals surface area contributed by atoms with Gasteiger partial charge in [-0.1, -0.05) is 28.1 Å². The Morgan fingerprint density at radius 1 is 0.970 bits per heavy atom. The van der Waals surface area contributed by atoms with Gasteiger partial charge >= 0.3 is 5.97 Å². The van der Waals surface area contributed by atoms with E-state index in [4.69, 9.17) is 9.47 Å². The van der Waals surface area contributed by atoms with Gasteiger partial charge in [-0.25, -0.2) is 18.9 Å². The monoisotopic (exact) mass is 509 g/mol. The largest absolute Gasteiger partial charge is 0.497 e. The summed E-state index contributed by atoms with van der Waals surface area (Å²) >= 11 is 3.30. The fourth-order valence-electron chi connectivity index (χ4n) is 3.00. The number of Topliss-reactive ketones (excluding diaryl/α,β-unsaturated/α-hetero) is 1. The molecule has 0 amide bonds. The van der Waals surface area contributed by atoms with Crippen LogP contribution in [0.2, 0.25) is 0 Å². The Kier molecular flexibility index (Phi) is 6.60. The van der Waals surface area contributed by atoms with Crippen molar-refractivity contribution in [2.75, 3.05) is 13.7 Å². The zero-order valence-electron chi connectivity index (χ0n) is 17.4. The number of hydrogen-bond acceptors (Lipinski definition) is 6. The van der Waals surface area contributed by atoms with Crippen molar-refractivity contribution in [3.8, 4) is 22.8 Å². The van der Waals surface area contributed by atoms with Crippen molar-refractivity contribution in [1.82, 2.24) is 14.8 Å². The first-order valence-electron chi connectivity index (χ1n) is 9.78. The second-order valence-electron chi connectivity index (χ2n) is 6.88. The highest BCUT2D eigenvalue weighted by Gasteiger charge is 2.21. The maximum absolute atomic E-state index is 13.4. The van der Waals surface area contributed by atoms with Crippen LogP contribution in [0.15, 0.2) is 77.3 Å².